The maximum absolute atomic E-state index is 13.9. The Balaban J connectivity index is 1.40. The smallest absolute Gasteiger partial charge is 0.225 e. The normalized spacial score (nSPS) is 20.2. The molecule has 2 aliphatic rings. The maximum atomic E-state index is 13.9. The van der Waals surface area contributed by atoms with Gasteiger partial charge >= 0.3 is 0 Å². The monoisotopic (exact) mass is 439 g/mol. The molecule has 0 aromatic heterocycles. The molecule has 7 nitrogen and oxygen atoms in total. The van der Waals surface area contributed by atoms with Gasteiger partial charge in [0.15, 0.2) is 5.96 Å². The van der Waals surface area contributed by atoms with Gasteiger partial charge in [0.25, 0.3) is 0 Å². The van der Waals surface area contributed by atoms with Gasteiger partial charge in [-0.2, -0.15) is 0 Å². The lowest BCUT2D eigenvalue weighted by molar-refractivity contribution is -0.116. The van der Waals surface area contributed by atoms with E-state index in [0.29, 0.717) is 38.7 Å². The van der Waals surface area contributed by atoms with Gasteiger partial charge in [-0.05, 0) is 29.3 Å². The summed E-state index contributed by atoms with van der Waals surface area (Å²) in [6, 6.07) is 14.6. The maximum Gasteiger partial charge on any atom is 0.225 e. The Bertz CT molecular complexity index is 961. The van der Waals surface area contributed by atoms with Crippen LogP contribution >= 0.6 is 0 Å². The van der Waals surface area contributed by atoms with Crippen molar-refractivity contribution < 1.29 is 13.9 Å². The van der Waals surface area contributed by atoms with Crippen LogP contribution in [-0.2, 0) is 9.53 Å². The van der Waals surface area contributed by atoms with E-state index in [1.165, 1.54) is 6.07 Å². The fraction of sp³-hybridized carbons (Fsp3) is 0.417. The molecular formula is C24H30FN5O2. The van der Waals surface area contributed by atoms with Gasteiger partial charge in [-0.15, -0.1) is 0 Å². The molecule has 0 radical (unpaired) electrons. The highest BCUT2D eigenvalue weighted by molar-refractivity contribution is 5.94. The van der Waals surface area contributed by atoms with Gasteiger partial charge < -0.3 is 20.7 Å². The number of para-hydroxylation sites is 1. The number of amides is 1. The molecule has 0 saturated carbocycles. The number of carbonyl (C=O) groups excluding carboxylic acids is 1. The third-order valence-electron chi connectivity index (χ3n) is 6.03. The lowest BCUT2D eigenvalue weighted by atomic mass is 9.90. The van der Waals surface area contributed by atoms with E-state index in [2.05, 4.69) is 31.9 Å². The fourth-order valence-corrected chi connectivity index (χ4v) is 4.38. The molecule has 0 spiro atoms. The second-order valence-corrected chi connectivity index (χ2v) is 8.09. The van der Waals surface area contributed by atoms with Crippen LogP contribution in [0.3, 0.4) is 0 Å². The second-order valence-electron chi connectivity index (χ2n) is 8.09. The summed E-state index contributed by atoms with van der Waals surface area (Å²) in [6.45, 7) is 4.09. The number of morpholine rings is 1. The number of nitrogens with zero attached hydrogens (tertiary/aromatic N) is 2. The largest absolute Gasteiger partial charge is 0.379 e. The summed E-state index contributed by atoms with van der Waals surface area (Å²) in [7, 11) is 1.72. The van der Waals surface area contributed by atoms with Gasteiger partial charge in [-0.25, -0.2) is 4.39 Å². The van der Waals surface area contributed by atoms with Gasteiger partial charge in [0.1, 0.15) is 5.82 Å². The number of nitrogens with one attached hydrogen (secondary N) is 3. The average Bonchev–Trinajstić information content (AvgIpc) is 2.81. The number of ether oxygens (including phenoxy) is 1. The molecule has 2 aromatic carbocycles. The van der Waals surface area contributed by atoms with Crippen molar-refractivity contribution in [2.45, 2.75) is 18.4 Å². The summed E-state index contributed by atoms with van der Waals surface area (Å²) in [4.78, 5) is 18.8. The number of hydrogen-bond donors (Lipinski definition) is 3. The number of aliphatic imine (C=N–C) groups is 1. The molecule has 1 amide bonds. The van der Waals surface area contributed by atoms with Crippen LogP contribution in [0.5, 0.6) is 0 Å². The van der Waals surface area contributed by atoms with Crippen molar-refractivity contribution >= 4 is 17.6 Å². The molecule has 2 unspecified atom stereocenters. The zero-order valence-corrected chi connectivity index (χ0v) is 18.3. The number of benzene rings is 2. The molecule has 2 atom stereocenters. The van der Waals surface area contributed by atoms with Crippen molar-refractivity contribution in [3.63, 3.8) is 0 Å². The highest BCUT2D eigenvalue weighted by atomic mass is 19.1. The summed E-state index contributed by atoms with van der Waals surface area (Å²) in [5.74, 6) is 0.509. The second kappa shape index (κ2) is 10.6. The van der Waals surface area contributed by atoms with Crippen molar-refractivity contribution in [1.29, 1.82) is 0 Å². The predicted octanol–water partition coefficient (Wildman–Crippen LogP) is 2.49. The van der Waals surface area contributed by atoms with Gasteiger partial charge in [0.05, 0.1) is 19.3 Å². The molecule has 1 fully saturated rings. The standard InChI is InChI=1S/C24H30FN5O2/c1-26-24(27-15-18-14-23(31)29-21-8-3-2-7-20(18)21)28-16-22(30-9-11-32-12-10-30)17-5-4-6-19(25)13-17/h2-8,13,18,22H,9-12,14-16H2,1H3,(H,29,31)(H2,26,27,28). The zero-order valence-electron chi connectivity index (χ0n) is 18.3. The summed E-state index contributed by atoms with van der Waals surface area (Å²) < 4.78 is 19.4. The third-order valence-corrected chi connectivity index (χ3v) is 6.03. The van der Waals surface area contributed by atoms with E-state index in [0.717, 1.165) is 29.9 Å². The van der Waals surface area contributed by atoms with E-state index in [1.807, 2.05) is 24.3 Å². The SMILES string of the molecule is CN=C(NCC1CC(=O)Nc2ccccc21)NCC(c1cccc(F)c1)N1CCOCC1. The Kier molecular flexibility index (Phi) is 7.34. The minimum atomic E-state index is -0.238. The lowest BCUT2D eigenvalue weighted by Gasteiger charge is -2.35. The van der Waals surface area contributed by atoms with Crippen molar-refractivity contribution in [1.82, 2.24) is 15.5 Å². The topological polar surface area (TPSA) is 78.0 Å². The summed E-state index contributed by atoms with van der Waals surface area (Å²) in [5, 5.41) is 9.69. The Labute approximate surface area is 188 Å². The lowest BCUT2D eigenvalue weighted by Crippen LogP contribution is -2.47. The van der Waals surface area contributed by atoms with Crippen LogP contribution in [0.2, 0.25) is 0 Å². The summed E-state index contributed by atoms with van der Waals surface area (Å²) in [6.07, 6.45) is 0.431. The average molecular weight is 440 g/mol. The van der Waals surface area contributed by atoms with E-state index in [4.69, 9.17) is 4.74 Å². The first-order chi connectivity index (χ1) is 15.6. The van der Waals surface area contributed by atoms with Gasteiger partial charge in [0.2, 0.25) is 5.91 Å². The third kappa shape index (κ3) is 5.44. The van der Waals surface area contributed by atoms with E-state index in [9.17, 15) is 9.18 Å². The van der Waals surface area contributed by atoms with Gasteiger partial charge in [-0.1, -0.05) is 30.3 Å². The number of anilines is 1. The molecule has 8 heteroatoms. The minimum Gasteiger partial charge on any atom is -0.379 e. The van der Waals surface area contributed by atoms with Crippen molar-refractivity contribution in [2.24, 2.45) is 4.99 Å². The van der Waals surface area contributed by atoms with Crippen LogP contribution in [0, 0.1) is 5.82 Å². The van der Waals surface area contributed by atoms with Gasteiger partial charge in [0, 0.05) is 51.3 Å². The first-order valence-electron chi connectivity index (χ1n) is 11.0. The molecule has 2 aliphatic heterocycles. The number of rotatable bonds is 6. The van der Waals surface area contributed by atoms with Crippen LogP contribution in [0.1, 0.15) is 29.5 Å². The number of guanidine groups is 1. The van der Waals surface area contributed by atoms with Crippen LogP contribution in [0.25, 0.3) is 0 Å². The minimum absolute atomic E-state index is 0.00525. The van der Waals surface area contributed by atoms with Crippen LogP contribution < -0.4 is 16.0 Å². The molecule has 4 rings (SSSR count). The molecule has 0 aliphatic carbocycles. The van der Waals surface area contributed by atoms with Crippen LogP contribution in [0.15, 0.2) is 53.5 Å². The van der Waals surface area contributed by atoms with E-state index >= 15 is 0 Å². The first kappa shape index (κ1) is 22.2. The number of fused-ring (bicyclic) bond motifs is 1. The van der Waals surface area contributed by atoms with Crippen LogP contribution in [0.4, 0.5) is 10.1 Å². The van der Waals surface area contributed by atoms with E-state index in [1.54, 1.807) is 19.2 Å². The molecule has 2 heterocycles. The van der Waals surface area contributed by atoms with Gasteiger partial charge in [-0.3, -0.25) is 14.7 Å². The van der Waals surface area contributed by atoms with E-state index in [-0.39, 0.29) is 23.7 Å². The molecule has 170 valence electrons. The zero-order chi connectivity index (χ0) is 22.3. The highest BCUT2D eigenvalue weighted by Gasteiger charge is 2.26. The Hall–Kier alpha value is -2.97. The Morgan fingerprint density at radius 1 is 1.22 bits per heavy atom. The molecule has 0 bridgehead atoms. The fourth-order valence-electron chi connectivity index (χ4n) is 4.38. The summed E-state index contributed by atoms with van der Waals surface area (Å²) >= 11 is 0. The van der Waals surface area contributed by atoms with Crippen molar-refractivity contribution in [2.75, 3.05) is 51.8 Å². The van der Waals surface area contributed by atoms with Crippen molar-refractivity contribution in [3.8, 4) is 0 Å². The number of halogens is 1. The number of hydrogen-bond acceptors (Lipinski definition) is 4. The Morgan fingerprint density at radius 3 is 2.81 bits per heavy atom. The van der Waals surface area contributed by atoms with E-state index < -0.39 is 0 Å². The molecule has 1 saturated heterocycles. The number of carbonyl (C=O) groups is 1. The molecule has 32 heavy (non-hydrogen) atoms. The predicted molar refractivity (Wildman–Crippen MR) is 123 cm³/mol. The summed E-state index contributed by atoms with van der Waals surface area (Å²) in [5.41, 5.74) is 2.92. The molecule has 3 N–H and O–H groups in total. The quantitative estimate of drug-likeness (QED) is 0.476. The molecular weight excluding hydrogens is 409 g/mol. The van der Waals surface area contributed by atoms with Crippen LogP contribution in [-0.4, -0.2) is 63.2 Å². The Morgan fingerprint density at radius 2 is 2.03 bits per heavy atom. The highest BCUT2D eigenvalue weighted by Crippen LogP contribution is 2.31. The van der Waals surface area contributed by atoms with Crippen molar-refractivity contribution in [3.05, 3.63) is 65.5 Å². The molecule has 2 aromatic rings. The first-order valence-corrected chi connectivity index (χ1v) is 11.0.